The summed E-state index contributed by atoms with van der Waals surface area (Å²) in [5.41, 5.74) is 3.39. The number of fused-ring (bicyclic) bond motifs is 3. The maximum atomic E-state index is 5.59. The Bertz CT molecular complexity index is 786. The number of hydrogen-bond acceptors (Lipinski definition) is 4. The summed E-state index contributed by atoms with van der Waals surface area (Å²) in [6, 6.07) is 8.27. The molecule has 3 aliphatic heterocycles. The monoisotopic (exact) mass is 265 g/mol. The van der Waals surface area contributed by atoms with Gasteiger partial charge in [0.05, 0.1) is 29.9 Å². The Morgan fingerprint density at radius 3 is 3.05 bits per heavy atom. The van der Waals surface area contributed by atoms with Crippen molar-refractivity contribution in [3.05, 3.63) is 58.4 Å². The molecule has 3 aliphatic rings. The van der Waals surface area contributed by atoms with Crippen molar-refractivity contribution in [1.29, 1.82) is 0 Å². The first-order chi connectivity index (χ1) is 9.86. The van der Waals surface area contributed by atoms with Gasteiger partial charge in [-0.25, -0.2) is 4.99 Å². The molecule has 4 nitrogen and oxygen atoms in total. The fraction of sp³-hybridized carbons (Fsp3) is 0.250. The van der Waals surface area contributed by atoms with Crippen molar-refractivity contribution in [1.82, 2.24) is 5.01 Å². The van der Waals surface area contributed by atoms with Crippen molar-refractivity contribution >= 4 is 11.5 Å². The van der Waals surface area contributed by atoms with Crippen LogP contribution in [0.4, 0.5) is 0 Å². The molecule has 0 saturated carbocycles. The third-order valence-corrected chi connectivity index (χ3v) is 3.63. The number of para-hydroxylation sites is 1. The lowest BCUT2D eigenvalue weighted by Gasteiger charge is -2.18. The minimum absolute atomic E-state index is 0.685. The smallest absolute Gasteiger partial charge is 0.231 e. The van der Waals surface area contributed by atoms with Gasteiger partial charge in [0.25, 0.3) is 0 Å². The maximum Gasteiger partial charge on any atom is 0.231 e. The topological polar surface area (TPSA) is 37.2 Å². The largest absolute Gasteiger partial charge is 0.477 e. The molecule has 0 aromatic heterocycles. The Kier molecular flexibility index (Phi) is 2.49. The van der Waals surface area contributed by atoms with E-state index < -0.39 is 0 Å². The predicted octanol–water partition coefficient (Wildman–Crippen LogP) is 1.31. The normalized spacial score (nSPS) is 18.6. The first-order valence-corrected chi connectivity index (χ1v) is 6.95. The van der Waals surface area contributed by atoms with E-state index in [4.69, 9.17) is 9.73 Å². The molecular weight excluding hydrogens is 250 g/mol. The molecule has 1 aromatic carbocycles. The van der Waals surface area contributed by atoms with Gasteiger partial charge in [0.1, 0.15) is 0 Å². The Labute approximate surface area is 117 Å². The molecule has 0 spiro atoms. The second kappa shape index (κ2) is 4.34. The summed E-state index contributed by atoms with van der Waals surface area (Å²) in [6.45, 7) is 3.56. The Morgan fingerprint density at radius 2 is 2.15 bits per heavy atom. The number of hydrogen-bond donors (Lipinski definition) is 0. The van der Waals surface area contributed by atoms with E-state index in [0.717, 1.165) is 29.7 Å². The van der Waals surface area contributed by atoms with Gasteiger partial charge in [0.2, 0.25) is 5.90 Å². The van der Waals surface area contributed by atoms with E-state index in [1.807, 2.05) is 17.2 Å². The summed E-state index contributed by atoms with van der Waals surface area (Å²) in [7, 11) is 0. The Balaban J connectivity index is 1.75. The van der Waals surface area contributed by atoms with E-state index in [9.17, 15) is 0 Å². The zero-order valence-corrected chi connectivity index (χ0v) is 11.3. The summed E-state index contributed by atoms with van der Waals surface area (Å²) in [4.78, 5) is 4.72. The maximum absolute atomic E-state index is 5.59. The predicted molar refractivity (Wildman–Crippen MR) is 77.2 cm³/mol. The van der Waals surface area contributed by atoms with Gasteiger partial charge in [-0.2, -0.15) is 0 Å². The van der Waals surface area contributed by atoms with Crippen LogP contribution in [-0.4, -0.2) is 24.1 Å². The number of hydrazone groups is 1. The summed E-state index contributed by atoms with van der Waals surface area (Å²) in [6.07, 6.45) is 4.96. The fourth-order valence-corrected chi connectivity index (χ4v) is 2.71. The van der Waals surface area contributed by atoms with Crippen LogP contribution >= 0.6 is 0 Å². The van der Waals surface area contributed by atoms with Crippen molar-refractivity contribution in [2.75, 3.05) is 13.2 Å². The van der Waals surface area contributed by atoms with E-state index in [0.29, 0.717) is 12.5 Å². The van der Waals surface area contributed by atoms with Crippen molar-refractivity contribution < 1.29 is 4.74 Å². The lowest BCUT2D eigenvalue weighted by atomic mass is 10.1. The molecule has 0 N–H and O–H groups in total. The SMILES string of the molecule is CCCOC1=NN2CC3=c4ccccc4=NC3=C2C=C1. The number of allylic oxidation sites excluding steroid dienone is 1. The third kappa shape index (κ3) is 1.61. The molecule has 0 amide bonds. The van der Waals surface area contributed by atoms with Crippen molar-refractivity contribution in [3.63, 3.8) is 0 Å². The summed E-state index contributed by atoms with van der Waals surface area (Å²) >= 11 is 0. The van der Waals surface area contributed by atoms with Gasteiger partial charge in [-0.05, 0) is 18.6 Å². The molecule has 0 unspecified atom stereocenters. The molecule has 0 atom stereocenters. The number of nitrogens with zero attached hydrogens (tertiary/aromatic N) is 3. The van der Waals surface area contributed by atoms with Gasteiger partial charge in [0.15, 0.2) is 0 Å². The second-order valence-corrected chi connectivity index (χ2v) is 5.02. The van der Waals surface area contributed by atoms with Crippen LogP contribution in [0.2, 0.25) is 0 Å². The molecular formula is C16H15N3O. The molecule has 3 heterocycles. The van der Waals surface area contributed by atoms with Crippen molar-refractivity contribution in [3.8, 4) is 0 Å². The van der Waals surface area contributed by atoms with Gasteiger partial charge in [-0.1, -0.05) is 25.1 Å². The first-order valence-electron chi connectivity index (χ1n) is 6.95. The van der Waals surface area contributed by atoms with E-state index in [1.54, 1.807) is 0 Å². The molecule has 0 bridgehead atoms. The molecule has 0 radical (unpaired) electrons. The molecule has 4 rings (SSSR count). The van der Waals surface area contributed by atoms with E-state index in [-0.39, 0.29) is 0 Å². The van der Waals surface area contributed by atoms with Crippen LogP contribution in [0.15, 0.2) is 57.9 Å². The quantitative estimate of drug-likeness (QED) is 0.808. The minimum Gasteiger partial charge on any atom is -0.477 e. The van der Waals surface area contributed by atoms with Crippen LogP contribution < -0.4 is 10.6 Å². The fourth-order valence-electron chi connectivity index (χ4n) is 2.71. The number of ether oxygens (including phenoxy) is 1. The lowest BCUT2D eigenvalue weighted by Crippen LogP contribution is -2.26. The minimum atomic E-state index is 0.685. The third-order valence-electron chi connectivity index (χ3n) is 3.63. The van der Waals surface area contributed by atoms with Gasteiger partial charge >= 0.3 is 0 Å². The van der Waals surface area contributed by atoms with E-state index >= 15 is 0 Å². The molecule has 0 aliphatic carbocycles. The summed E-state index contributed by atoms with van der Waals surface area (Å²) in [5.74, 6) is 0.685. The van der Waals surface area contributed by atoms with Crippen molar-refractivity contribution in [2.45, 2.75) is 13.3 Å². The molecule has 4 heteroatoms. The van der Waals surface area contributed by atoms with Gasteiger partial charge in [-0.3, -0.25) is 5.01 Å². The number of benzene rings is 1. The van der Waals surface area contributed by atoms with Crippen LogP contribution in [0.1, 0.15) is 13.3 Å². The standard InChI is InChI=1S/C16H15N3O/c1-2-9-20-15-8-7-14-16-12(10-19(14)18-15)11-5-3-4-6-13(11)17-16/h3-8H,2,9-10H2,1H3. The van der Waals surface area contributed by atoms with Crippen LogP contribution in [0.25, 0.3) is 5.57 Å². The zero-order chi connectivity index (χ0) is 13.5. The number of rotatable bonds is 2. The van der Waals surface area contributed by atoms with Crippen molar-refractivity contribution in [2.24, 2.45) is 10.1 Å². The van der Waals surface area contributed by atoms with Crippen LogP contribution in [0, 0.1) is 0 Å². The Morgan fingerprint density at radius 1 is 1.25 bits per heavy atom. The molecule has 0 saturated heterocycles. The molecule has 0 fully saturated rings. The highest BCUT2D eigenvalue weighted by Gasteiger charge is 2.30. The van der Waals surface area contributed by atoms with Gasteiger partial charge in [-0.15, -0.1) is 5.10 Å². The second-order valence-electron chi connectivity index (χ2n) is 5.02. The average Bonchev–Trinajstić information content (AvgIpc) is 3.00. The van der Waals surface area contributed by atoms with Crippen LogP contribution in [0.3, 0.4) is 0 Å². The summed E-state index contributed by atoms with van der Waals surface area (Å²) < 4.78 is 5.59. The average molecular weight is 265 g/mol. The van der Waals surface area contributed by atoms with Gasteiger partial charge in [0, 0.05) is 16.9 Å². The van der Waals surface area contributed by atoms with Crippen LogP contribution in [-0.2, 0) is 4.74 Å². The van der Waals surface area contributed by atoms with Crippen LogP contribution in [0.5, 0.6) is 0 Å². The van der Waals surface area contributed by atoms with E-state index in [2.05, 4.69) is 36.3 Å². The molecule has 20 heavy (non-hydrogen) atoms. The van der Waals surface area contributed by atoms with E-state index in [1.165, 1.54) is 10.8 Å². The first kappa shape index (κ1) is 11.5. The Hall–Kier alpha value is -2.36. The highest BCUT2D eigenvalue weighted by molar-refractivity contribution is 5.90. The summed E-state index contributed by atoms with van der Waals surface area (Å²) in [5, 5.41) is 8.81. The molecule has 100 valence electrons. The highest BCUT2D eigenvalue weighted by atomic mass is 16.5. The zero-order valence-electron chi connectivity index (χ0n) is 11.3. The lowest BCUT2D eigenvalue weighted by molar-refractivity contribution is 0.289. The molecule has 1 aromatic rings. The highest BCUT2D eigenvalue weighted by Crippen LogP contribution is 2.32. The van der Waals surface area contributed by atoms with Gasteiger partial charge < -0.3 is 4.74 Å².